The number of hydrogen-bond acceptors (Lipinski definition) is 3. The van der Waals surface area contributed by atoms with E-state index in [1.165, 1.54) is 12.1 Å². The molecule has 2 rings (SSSR count). The molecular formula is C22H28FNO2. The molecule has 0 bridgehead atoms. The zero-order valence-corrected chi connectivity index (χ0v) is 16.4. The average molecular weight is 357 g/mol. The molecule has 0 fully saturated rings. The fourth-order valence-electron chi connectivity index (χ4n) is 2.93. The van der Waals surface area contributed by atoms with E-state index in [1.807, 2.05) is 71.0 Å². The van der Waals surface area contributed by atoms with Crippen LogP contribution in [-0.2, 0) is 14.9 Å². The van der Waals surface area contributed by atoms with Crippen molar-refractivity contribution in [3.8, 4) is 0 Å². The number of aryl methyl sites for hydroxylation is 1. The van der Waals surface area contributed by atoms with Gasteiger partial charge in [-0.15, -0.1) is 0 Å². The van der Waals surface area contributed by atoms with Crippen LogP contribution in [0, 0.1) is 12.7 Å². The predicted molar refractivity (Wildman–Crippen MR) is 103 cm³/mol. The van der Waals surface area contributed by atoms with Gasteiger partial charge in [0.25, 0.3) is 0 Å². The molecule has 2 aromatic carbocycles. The minimum absolute atomic E-state index is 0.275. The molecular weight excluding hydrogens is 329 g/mol. The number of rotatable bonds is 6. The Kier molecular flexibility index (Phi) is 6.19. The third kappa shape index (κ3) is 4.13. The van der Waals surface area contributed by atoms with Gasteiger partial charge in [0.1, 0.15) is 18.0 Å². The Morgan fingerprint density at radius 3 is 1.92 bits per heavy atom. The van der Waals surface area contributed by atoms with E-state index in [1.54, 1.807) is 12.1 Å². The van der Waals surface area contributed by atoms with Gasteiger partial charge < -0.3 is 4.74 Å². The van der Waals surface area contributed by atoms with E-state index in [-0.39, 0.29) is 17.8 Å². The Labute approximate surface area is 155 Å². The summed E-state index contributed by atoms with van der Waals surface area (Å²) in [6, 6.07) is 14.2. The van der Waals surface area contributed by atoms with Crippen molar-refractivity contribution in [2.75, 3.05) is 14.1 Å². The highest BCUT2D eigenvalue weighted by Crippen LogP contribution is 2.37. The molecule has 1 unspecified atom stereocenters. The van der Waals surface area contributed by atoms with Crippen LogP contribution in [0.4, 0.5) is 4.39 Å². The van der Waals surface area contributed by atoms with Crippen molar-refractivity contribution in [2.45, 2.75) is 45.3 Å². The molecule has 0 aliphatic carbocycles. The first-order valence-corrected chi connectivity index (χ1v) is 8.86. The topological polar surface area (TPSA) is 29.5 Å². The van der Waals surface area contributed by atoms with E-state index in [2.05, 4.69) is 0 Å². The van der Waals surface area contributed by atoms with Crippen LogP contribution in [0.3, 0.4) is 0 Å². The number of ether oxygens (including phenoxy) is 1. The summed E-state index contributed by atoms with van der Waals surface area (Å²) in [5.41, 5.74) is 2.48. The second-order valence-corrected chi connectivity index (χ2v) is 7.29. The third-order valence-corrected chi connectivity index (χ3v) is 5.32. The Morgan fingerprint density at radius 2 is 1.46 bits per heavy atom. The first-order chi connectivity index (χ1) is 12.2. The Morgan fingerprint density at radius 1 is 1.00 bits per heavy atom. The molecule has 140 valence electrons. The summed E-state index contributed by atoms with van der Waals surface area (Å²) in [6.45, 7) is 7.77. The number of nitrogens with zero attached hydrogens (tertiary/aromatic N) is 1. The van der Waals surface area contributed by atoms with E-state index in [9.17, 15) is 9.18 Å². The van der Waals surface area contributed by atoms with Crippen LogP contribution in [0.5, 0.6) is 0 Å². The fraction of sp³-hybridized carbons (Fsp3) is 0.409. The van der Waals surface area contributed by atoms with Gasteiger partial charge in [0.2, 0.25) is 0 Å². The fourth-order valence-corrected chi connectivity index (χ4v) is 2.93. The zero-order chi connectivity index (χ0) is 19.5. The summed E-state index contributed by atoms with van der Waals surface area (Å²) < 4.78 is 19.3. The van der Waals surface area contributed by atoms with Crippen LogP contribution in [0.15, 0.2) is 48.5 Å². The molecule has 0 aliphatic heterocycles. The lowest BCUT2D eigenvalue weighted by atomic mass is 9.72. The molecule has 0 saturated heterocycles. The van der Waals surface area contributed by atoms with Crippen LogP contribution in [0.1, 0.15) is 37.5 Å². The Bertz CT molecular complexity index is 692. The highest BCUT2D eigenvalue weighted by molar-refractivity contribution is 5.75. The van der Waals surface area contributed by atoms with Crippen LogP contribution >= 0.6 is 0 Å². The first kappa shape index (κ1) is 20.1. The SMILES string of the molecule is Cc1ccc(C(C)(c2ccc(F)cc2)[C@H](C)OC(=O)[C@@H](C)N(C)C)cc1. The first-order valence-electron chi connectivity index (χ1n) is 8.86. The standard InChI is InChI=1S/C22H28FNO2/c1-15-7-9-18(10-8-15)22(4,19-11-13-20(23)14-12-19)17(3)26-21(25)16(2)24(5)6/h7-14,16-17H,1-6H3/t16-,17+,22?/m1/s1. The molecule has 0 saturated carbocycles. The molecule has 0 amide bonds. The van der Waals surface area contributed by atoms with Crippen molar-refractivity contribution in [1.82, 2.24) is 4.90 Å². The largest absolute Gasteiger partial charge is 0.460 e. The van der Waals surface area contributed by atoms with Gasteiger partial charge in [0.15, 0.2) is 0 Å². The van der Waals surface area contributed by atoms with Crippen LogP contribution in [0.2, 0.25) is 0 Å². The molecule has 0 heterocycles. The molecule has 0 aromatic heterocycles. The average Bonchev–Trinajstić information content (AvgIpc) is 2.61. The lowest BCUT2D eigenvalue weighted by Gasteiger charge is -2.37. The number of hydrogen-bond donors (Lipinski definition) is 0. The van der Waals surface area contributed by atoms with Crippen LogP contribution in [-0.4, -0.2) is 37.1 Å². The monoisotopic (exact) mass is 357 g/mol. The molecule has 3 atom stereocenters. The number of carbonyl (C=O) groups is 1. The van der Waals surface area contributed by atoms with Crippen molar-refractivity contribution in [3.63, 3.8) is 0 Å². The summed E-state index contributed by atoms with van der Waals surface area (Å²) in [5, 5.41) is 0. The second kappa shape index (κ2) is 8.00. The minimum atomic E-state index is -0.594. The van der Waals surface area contributed by atoms with Crippen LogP contribution in [0.25, 0.3) is 0 Å². The van der Waals surface area contributed by atoms with E-state index in [0.29, 0.717) is 0 Å². The molecule has 0 aliphatic rings. The highest BCUT2D eigenvalue weighted by atomic mass is 19.1. The van der Waals surface area contributed by atoms with Gasteiger partial charge in [-0.25, -0.2) is 4.39 Å². The molecule has 4 heteroatoms. The number of carbonyl (C=O) groups excluding carboxylic acids is 1. The van der Waals surface area contributed by atoms with Crippen molar-refractivity contribution < 1.29 is 13.9 Å². The van der Waals surface area contributed by atoms with Crippen molar-refractivity contribution >= 4 is 5.97 Å². The van der Waals surface area contributed by atoms with Crippen molar-refractivity contribution in [2.24, 2.45) is 0 Å². The Balaban J connectivity index is 2.44. The smallest absolute Gasteiger partial charge is 0.323 e. The summed E-state index contributed by atoms with van der Waals surface area (Å²) >= 11 is 0. The molecule has 26 heavy (non-hydrogen) atoms. The maximum absolute atomic E-state index is 13.4. The molecule has 0 N–H and O–H groups in total. The van der Waals surface area contributed by atoms with Crippen LogP contribution < -0.4 is 0 Å². The number of benzene rings is 2. The molecule has 0 radical (unpaired) electrons. The van der Waals surface area contributed by atoms with E-state index in [4.69, 9.17) is 4.74 Å². The summed E-state index contributed by atoms with van der Waals surface area (Å²) in [4.78, 5) is 14.3. The normalized spacial score (nSPS) is 16.0. The summed E-state index contributed by atoms with van der Waals surface area (Å²) in [7, 11) is 3.69. The summed E-state index contributed by atoms with van der Waals surface area (Å²) in [6.07, 6.45) is -0.425. The minimum Gasteiger partial charge on any atom is -0.460 e. The highest BCUT2D eigenvalue weighted by Gasteiger charge is 2.38. The van der Waals surface area contributed by atoms with Gasteiger partial charge in [-0.1, -0.05) is 42.0 Å². The quantitative estimate of drug-likeness (QED) is 0.721. The maximum atomic E-state index is 13.4. The van der Waals surface area contributed by atoms with E-state index >= 15 is 0 Å². The van der Waals surface area contributed by atoms with Gasteiger partial charge in [-0.05, 0) is 65.0 Å². The molecule has 0 spiro atoms. The number of esters is 1. The van der Waals surface area contributed by atoms with E-state index < -0.39 is 11.5 Å². The van der Waals surface area contributed by atoms with Gasteiger partial charge in [0, 0.05) is 0 Å². The van der Waals surface area contributed by atoms with E-state index in [0.717, 1.165) is 16.7 Å². The predicted octanol–water partition coefficient (Wildman–Crippen LogP) is 4.32. The zero-order valence-electron chi connectivity index (χ0n) is 16.4. The number of likely N-dealkylation sites (N-methyl/N-ethyl adjacent to an activating group) is 1. The molecule has 3 nitrogen and oxygen atoms in total. The maximum Gasteiger partial charge on any atom is 0.323 e. The lowest BCUT2D eigenvalue weighted by molar-refractivity contribution is -0.155. The van der Waals surface area contributed by atoms with Gasteiger partial charge in [-0.2, -0.15) is 0 Å². The van der Waals surface area contributed by atoms with Crippen molar-refractivity contribution in [1.29, 1.82) is 0 Å². The Hall–Kier alpha value is -2.20. The molecule has 2 aromatic rings. The van der Waals surface area contributed by atoms with Gasteiger partial charge in [-0.3, -0.25) is 9.69 Å². The number of halogens is 1. The second-order valence-electron chi connectivity index (χ2n) is 7.29. The van der Waals surface area contributed by atoms with Gasteiger partial charge in [0.05, 0.1) is 5.41 Å². The van der Waals surface area contributed by atoms with Crippen molar-refractivity contribution in [3.05, 3.63) is 71.0 Å². The van der Waals surface area contributed by atoms with Gasteiger partial charge >= 0.3 is 5.97 Å². The summed E-state index contributed by atoms with van der Waals surface area (Å²) in [5.74, 6) is -0.561. The lowest BCUT2D eigenvalue weighted by Crippen LogP contribution is -2.43. The third-order valence-electron chi connectivity index (χ3n) is 5.32.